The summed E-state index contributed by atoms with van der Waals surface area (Å²) in [7, 11) is -3.81. The highest BCUT2D eigenvalue weighted by molar-refractivity contribution is 7.92. The van der Waals surface area contributed by atoms with Crippen molar-refractivity contribution < 1.29 is 18.0 Å². The molecule has 40 heavy (non-hydrogen) atoms. The summed E-state index contributed by atoms with van der Waals surface area (Å²) < 4.78 is 27.2. The summed E-state index contributed by atoms with van der Waals surface area (Å²) >= 11 is 0. The highest BCUT2D eigenvalue weighted by Crippen LogP contribution is 2.25. The molecule has 1 atom stereocenters. The van der Waals surface area contributed by atoms with Gasteiger partial charge in [0, 0.05) is 18.5 Å². The average molecular weight is 564 g/mol. The van der Waals surface area contributed by atoms with Crippen molar-refractivity contribution in [2.75, 3.05) is 17.1 Å². The molecule has 0 aliphatic heterocycles. The Kier molecular flexibility index (Phi) is 10.1. The van der Waals surface area contributed by atoms with Gasteiger partial charge in [0.1, 0.15) is 12.6 Å². The van der Waals surface area contributed by atoms with Gasteiger partial charge in [0.25, 0.3) is 0 Å². The molecule has 214 valence electrons. The van der Waals surface area contributed by atoms with Gasteiger partial charge < -0.3 is 10.2 Å². The normalized spacial score (nSPS) is 12.4. The first-order chi connectivity index (χ1) is 18.8. The van der Waals surface area contributed by atoms with E-state index in [2.05, 4.69) is 5.32 Å². The number of aryl methyl sites for hydroxylation is 2. The fourth-order valence-corrected chi connectivity index (χ4v) is 5.43. The van der Waals surface area contributed by atoms with Gasteiger partial charge in [0.15, 0.2) is 0 Å². The number of nitrogens with one attached hydrogen (secondary N) is 1. The minimum absolute atomic E-state index is 0.154. The molecule has 3 rings (SSSR count). The number of hydrogen-bond acceptors (Lipinski definition) is 4. The number of benzene rings is 3. The summed E-state index contributed by atoms with van der Waals surface area (Å²) in [6, 6.07) is 23.6. The first-order valence-electron chi connectivity index (χ1n) is 13.5. The number of hydrogen-bond donors (Lipinski definition) is 1. The zero-order valence-electron chi connectivity index (χ0n) is 24.3. The van der Waals surface area contributed by atoms with Crippen molar-refractivity contribution in [3.8, 4) is 0 Å². The number of para-hydroxylation sites is 1. The Hall–Kier alpha value is -3.65. The molecule has 0 unspecified atom stereocenters. The lowest BCUT2D eigenvalue weighted by atomic mass is 10.0. The third kappa shape index (κ3) is 8.68. The van der Waals surface area contributed by atoms with E-state index in [1.807, 2.05) is 101 Å². The lowest BCUT2D eigenvalue weighted by molar-refractivity contribution is -0.140. The smallest absolute Gasteiger partial charge is 0.244 e. The summed E-state index contributed by atoms with van der Waals surface area (Å²) in [5, 5.41) is 3.04. The largest absolute Gasteiger partial charge is 0.350 e. The molecular formula is C32H41N3O4S. The maximum Gasteiger partial charge on any atom is 0.244 e. The van der Waals surface area contributed by atoms with Crippen LogP contribution >= 0.6 is 0 Å². The molecule has 3 aromatic rings. The second kappa shape index (κ2) is 13.1. The molecule has 0 saturated carbocycles. The summed E-state index contributed by atoms with van der Waals surface area (Å²) in [5.41, 5.74) is 3.58. The van der Waals surface area contributed by atoms with Crippen LogP contribution in [0.2, 0.25) is 0 Å². The van der Waals surface area contributed by atoms with Crippen LogP contribution in [0, 0.1) is 6.92 Å². The maximum atomic E-state index is 14.2. The minimum Gasteiger partial charge on any atom is -0.350 e. The molecule has 0 heterocycles. The van der Waals surface area contributed by atoms with Crippen LogP contribution in [0.25, 0.3) is 0 Å². The van der Waals surface area contributed by atoms with E-state index in [-0.39, 0.29) is 18.9 Å². The van der Waals surface area contributed by atoms with Crippen molar-refractivity contribution in [1.29, 1.82) is 0 Å². The molecule has 0 bridgehead atoms. The third-order valence-electron chi connectivity index (χ3n) is 6.56. The van der Waals surface area contributed by atoms with Crippen LogP contribution in [-0.2, 0) is 39.0 Å². The summed E-state index contributed by atoms with van der Waals surface area (Å²) in [6.07, 6.45) is 1.99. The molecule has 8 heteroatoms. The lowest BCUT2D eigenvalue weighted by Gasteiger charge is -2.35. The quantitative estimate of drug-likeness (QED) is 0.360. The zero-order chi connectivity index (χ0) is 29.5. The van der Waals surface area contributed by atoms with Crippen LogP contribution in [0.4, 0.5) is 5.69 Å². The SMILES string of the molecule is CCc1ccccc1N(CC(=O)N(Cc1ccc(C)cc1)[C@@H](Cc1ccccc1)C(=O)NC(C)(C)C)S(C)(=O)=O. The second-order valence-corrected chi connectivity index (χ2v) is 13.1. The fourth-order valence-electron chi connectivity index (χ4n) is 4.54. The summed E-state index contributed by atoms with van der Waals surface area (Å²) in [6.45, 7) is 9.34. The first kappa shape index (κ1) is 30.9. The first-order valence-corrected chi connectivity index (χ1v) is 15.4. The summed E-state index contributed by atoms with van der Waals surface area (Å²) in [4.78, 5) is 29.5. The Bertz CT molecular complexity index is 1400. The monoisotopic (exact) mass is 563 g/mol. The molecule has 0 aromatic heterocycles. The Labute approximate surface area is 239 Å². The number of sulfonamides is 1. The van der Waals surface area contributed by atoms with E-state index < -0.39 is 34.1 Å². The van der Waals surface area contributed by atoms with Gasteiger partial charge in [0.05, 0.1) is 11.9 Å². The van der Waals surface area contributed by atoms with Crippen LogP contribution < -0.4 is 9.62 Å². The highest BCUT2D eigenvalue weighted by atomic mass is 32.2. The number of carbonyl (C=O) groups is 2. The molecule has 0 spiro atoms. The molecular weight excluding hydrogens is 522 g/mol. The number of rotatable bonds is 11. The van der Waals surface area contributed by atoms with Gasteiger partial charge in [-0.1, -0.05) is 85.3 Å². The fraction of sp³-hybridized carbons (Fsp3) is 0.375. The van der Waals surface area contributed by atoms with E-state index in [0.29, 0.717) is 12.1 Å². The lowest BCUT2D eigenvalue weighted by Crippen LogP contribution is -2.56. The van der Waals surface area contributed by atoms with Crippen molar-refractivity contribution in [3.63, 3.8) is 0 Å². The number of carbonyl (C=O) groups excluding carboxylic acids is 2. The van der Waals surface area contributed by atoms with Gasteiger partial charge in [0.2, 0.25) is 21.8 Å². The predicted molar refractivity (Wildman–Crippen MR) is 162 cm³/mol. The van der Waals surface area contributed by atoms with E-state index in [1.165, 1.54) is 4.90 Å². The van der Waals surface area contributed by atoms with Gasteiger partial charge in [-0.15, -0.1) is 0 Å². The van der Waals surface area contributed by atoms with E-state index in [1.54, 1.807) is 12.1 Å². The van der Waals surface area contributed by atoms with Gasteiger partial charge >= 0.3 is 0 Å². The molecule has 0 fully saturated rings. The Morgan fingerprint density at radius 2 is 1.48 bits per heavy atom. The van der Waals surface area contributed by atoms with E-state index in [0.717, 1.165) is 32.8 Å². The summed E-state index contributed by atoms with van der Waals surface area (Å²) in [5.74, 6) is -0.751. The van der Waals surface area contributed by atoms with Gasteiger partial charge in [-0.25, -0.2) is 8.42 Å². The Morgan fingerprint density at radius 3 is 2.05 bits per heavy atom. The predicted octanol–water partition coefficient (Wildman–Crippen LogP) is 4.88. The molecule has 0 saturated heterocycles. The van der Waals surface area contributed by atoms with Crippen molar-refractivity contribution in [1.82, 2.24) is 10.2 Å². The Balaban J connectivity index is 2.09. The van der Waals surface area contributed by atoms with Crippen LogP contribution in [0.15, 0.2) is 78.9 Å². The van der Waals surface area contributed by atoms with Crippen molar-refractivity contribution >= 4 is 27.5 Å². The topological polar surface area (TPSA) is 86.8 Å². The molecule has 0 aliphatic rings. The number of amides is 2. The Morgan fingerprint density at radius 1 is 0.875 bits per heavy atom. The van der Waals surface area contributed by atoms with Crippen LogP contribution in [-0.4, -0.2) is 49.5 Å². The van der Waals surface area contributed by atoms with Crippen molar-refractivity contribution in [2.45, 2.75) is 65.6 Å². The van der Waals surface area contributed by atoms with Gasteiger partial charge in [-0.3, -0.25) is 13.9 Å². The minimum atomic E-state index is -3.81. The van der Waals surface area contributed by atoms with E-state index in [4.69, 9.17) is 0 Å². The molecule has 0 radical (unpaired) electrons. The van der Waals surface area contributed by atoms with Gasteiger partial charge in [-0.05, 0) is 56.9 Å². The van der Waals surface area contributed by atoms with Crippen LogP contribution in [0.1, 0.15) is 49.9 Å². The standard InChI is InChI=1S/C32H41N3O4S/c1-7-27-15-11-12-16-28(27)35(40(6,38)39)23-30(36)34(22-26-19-17-24(2)18-20-26)29(31(37)33-32(3,4)5)21-25-13-9-8-10-14-25/h8-20,29H,7,21-23H2,1-6H3,(H,33,37)/t29-/m0/s1. The van der Waals surface area contributed by atoms with Crippen LogP contribution in [0.5, 0.6) is 0 Å². The second-order valence-electron chi connectivity index (χ2n) is 11.2. The average Bonchev–Trinajstić information content (AvgIpc) is 2.89. The molecule has 7 nitrogen and oxygen atoms in total. The molecule has 3 aromatic carbocycles. The van der Waals surface area contributed by atoms with Crippen molar-refractivity contribution in [2.24, 2.45) is 0 Å². The third-order valence-corrected chi connectivity index (χ3v) is 7.69. The molecule has 2 amide bonds. The zero-order valence-corrected chi connectivity index (χ0v) is 25.2. The van der Waals surface area contributed by atoms with E-state index >= 15 is 0 Å². The maximum absolute atomic E-state index is 14.2. The number of nitrogens with zero attached hydrogens (tertiary/aromatic N) is 2. The molecule has 1 N–H and O–H groups in total. The van der Waals surface area contributed by atoms with Crippen molar-refractivity contribution in [3.05, 3.63) is 101 Å². The highest BCUT2D eigenvalue weighted by Gasteiger charge is 2.34. The molecule has 0 aliphatic carbocycles. The van der Waals surface area contributed by atoms with Gasteiger partial charge in [-0.2, -0.15) is 0 Å². The number of anilines is 1. The van der Waals surface area contributed by atoms with E-state index in [9.17, 15) is 18.0 Å². The van der Waals surface area contributed by atoms with Crippen LogP contribution in [0.3, 0.4) is 0 Å².